The van der Waals surface area contributed by atoms with Gasteiger partial charge in [-0.25, -0.2) is 8.42 Å². The Morgan fingerprint density at radius 1 is 1.03 bits per heavy atom. The topological polar surface area (TPSA) is 75.3 Å². The number of benzene rings is 2. The lowest BCUT2D eigenvalue weighted by Gasteiger charge is -2.16. The zero-order chi connectivity index (χ0) is 21.4. The lowest BCUT2D eigenvalue weighted by Crippen LogP contribution is -2.29. The number of unbranched alkanes of at least 4 members (excludes halogenated alkanes) is 1. The van der Waals surface area contributed by atoms with Gasteiger partial charge in [0, 0.05) is 12.1 Å². The minimum Gasteiger partial charge on any atom is -0.352 e. The summed E-state index contributed by atoms with van der Waals surface area (Å²) in [6.45, 7) is 8.46. The van der Waals surface area contributed by atoms with Crippen molar-refractivity contribution >= 4 is 21.6 Å². The Labute approximate surface area is 175 Å². The molecule has 0 aliphatic rings. The monoisotopic (exact) mass is 416 g/mol. The number of anilines is 1. The second-order valence-electron chi connectivity index (χ2n) is 7.53. The Morgan fingerprint density at radius 2 is 1.76 bits per heavy atom. The SMILES string of the molecule is CCCC[C@H](CC)CNC(=O)c1ccc(C)c(S(=O)(=O)Nc2ccccc2C)c1. The van der Waals surface area contributed by atoms with Crippen LogP contribution in [-0.4, -0.2) is 20.9 Å². The maximum atomic E-state index is 12.9. The molecule has 0 aliphatic heterocycles. The fourth-order valence-corrected chi connectivity index (χ4v) is 4.60. The van der Waals surface area contributed by atoms with E-state index in [-0.39, 0.29) is 10.8 Å². The molecule has 0 bridgehead atoms. The molecule has 0 aromatic heterocycles. The first-order valence-electron chi connectivity index (χ1n) is 10.3. The van der Waals surface area contributed by atoms with Crippen LogP contribution in [0.1, 0.15) is 61.0 Å². The lowest BCUT2D eigenvalue weighted by atomic mass is 9.99. The van der Waals surface area contributed by atoms with Crippen molar-refractivity contribution in [1.82, 2.24) is 5.32 Å². The van der Waals surface area contributed by atoms with Gasteiger partial charge in [-0.1, -0.05) is 57.4 Å². The van der Waals surface area contributed by atoms with Gasteiger partial charge >= 0.3 is 0 Å². The third-order valence-electron chi connectivity index (χ3n) is 5.22. The minimum absolute atomic E-state index is 0.117. The number of hydrogen-bond donors (Lipinski definition) is 2. The Morgan fingerprint density at radius 3 is 2.41 bits per heavy atom. The van der Waals surface area contributed by atoms with E-state index in [4.69, 9.17) is 0 Å². The standard InChI is InChI=1S/C23H32N2O3S/c1-5-7-11-19(6-2)16-24-23(26)20-14-13-18(4)22(15-20)29(27,28)25-21-12-9-8-10-17(21)3/h8-10,12-15,19,25H,5-7,11,16H2,1-4H3,(H,24,26)/t19-/m0/s1. The Kier molecular flexibility index (Phi) is 8.26. The van der Waals surface area contributed by atoms with E-state index in [9.17, 15) is 13.2 Å². The molecule has 1 amide bonds. The van der Waals surface area contributed by atoms with Crippen LogP contribution in [0.5, 0.6) is 0 Å². The summed E-state index contributed by atoms with van der Waals surface area (Å²) in [6.07, 6.45) is 4.37. The van der Waals surface area contributed by atoms with Crippen LogP contribution in [0.4, 0.5) is 5.69 Å². The molecule has 0 heterocycles. The van der Waals surface area contributed by atoms with E-state index in [0.29, 0.717) is 29.3 Å². The molecule has 0 fully saturated rings. The second kappa shape index (κ2) is 10.4. The van der Waals surface area contributed by atoms with Crippen LogP contribution in [-0.2, 0) is 10.0 Å². The van der Waals surface area contributed by atoms with E-state index in [1.807, 2.05) is 19.1 Å². The first kappa shape index (κ1) is 22.9. The molecule has 2 aromatic carbocycles. The van der Waals surface area contributed by atoms with Gasteiger partial charge in [-0.2, -0.15) is 0 Å². The second-order valence-corrected chi connectivity index (χ2v) is 9.18. The highest BCUT2D eigenvalue weighted by Gasteiger charge is 2.20. The molecule has 0 saturated heterocycles. The molecule has 0 saturated carbocycles. The van der Waals surface area contributed by atoms with E-state index in [2.05, 4.69) is 23.9 Å². The average Bonchev–Trinajstić information content (AvgIpc) is 2.69. The van der Waals surface area contributed by atoms with E-state index in [1.165, 1.54) is 6.07 Å². The van der Waals surface area contributed by atoms with Crippen molar-refractivity contribution in [3.8, 4) is 0 Å². The first-order valence-corrected chi connectivity index (χ1v) is 11.7. The summed E-state index contributed by atoms with van der Waals surface area (Å²) < 4.78 is 28.5. The van der Waals surface area contributed by atoms with E-state index in [0.717, 1.165) is 31.2 Å². The predicted molar refractivity (Wildman–Crippen MR) is 119 cm³/mol. The number of hydrogen-bond acceptors (Lipinski definition) is 3. The summed E-state index contributed by atoms with van der Waals surface area (Å²) in [5, 5.41) is 2.96. The highest BCUT2D eigenvalue weighted by Crippen LogP contribution is 2.23. The largest absolute Gasteiger partial charge is 0.352 e. The Hall–Kier alpha value is -2.34. The molecular weight excluding hydrogens is 384 g/mol. The van der Waals surface area contributed by atoms with Gasteiger partial charge in [0.1, 0.15) is 0 Å². The maximum Gasteiger partial charge on any atom is 0.262 e. The normalized spacial score (nSPS) is 12.4. The minimum atomic E-state index is -3.80. The summed E-state index contributed by atoms with van der Waals surface area (Å²) in [4.78, 5) is 12.7. The van der Waals surface area contributed by atoms with Crippen molar-refractivity contribution in [3.63, 3.8) is 0 Å². The average molecular weight is 417 g/mol. The molecule has 1 atom stereocenters. The number of carbonyl (C=O) groups is 1. The highest BCUT2D eigenvalue weighted by atomic mass is 32.2. The van der Waals surface area contributed by atoms with E-state index in [1.54, 1.807) is 31.2 Å². The Balaban J connectivity index is 2.18. The number of carbonyl (C=O) groups excluding carboxylic acids is 1. The van der Waals surface area contributed by atoms with Crippen molar-refractivity contribution in [2.45, 2.75) is 58.3 Å². The van der Waals surface area contributed by atoms with Gasteiger partial charge in [-0.15, -0.1) is 0 Å². The first-order chi connectivity index (χ1) is 13.8. The summed E-state index contributed by atoms with van der Waals surface area (Å²) >= 11 is 0. The number of para-hydroxylation sites is 1. The zero-order valence-electron chi connectivity index (χ0n) is 17.8. The van der Waals surface area contributed by atoms with Crippen LogP contribution in [0.3, 0.4) is 0 Å². The van der Waals surface area contributed by atoms with Crippen LogP contribution in [0.2, 0.25) is 0 Å². The summed E-state index contributed by atoms with van der Waals surface area (Å²) in [5.74, 6) is 0.197. The molecule has 2 N–H and O–H groups in total. The van der Waals surface area contributed by atoms with Crippen molar-refractivity contribution in [1.29, 1.82) is 0 Å². The molecule has 0 aliphatic carbocycles. The number of rotatable bonds is 10. The van der Waals surface area contributed by atoms with Crippen molar-refractivity contribution in [3.05, 3.63) is 59.2 Å². The van der Waals surface area contributed by atoms with Crippen molar-refractivity contribution in [2.75, 3.05) is 11.3 Å². The molecule has 158 valence electrons. The van der Waals surface area contributed by atoms with Gasteiger partial charge in [0.15, 0.2) is 0 Å². The quantitative estimate of drug-likeness (QED) is 0.569. The fourth-order valence-electron chi connectivity index (χ4n) is 3.20. The van der Waals surface area contributed by atoms with Crippen LogP contribution in [0, 0.1) is 19.8 Å². The van der Waals surface area contributed by atoms with Crippen molar-refractivity contribution in [2.24, 2.45) is 5.92 Å². The molecule has 5 nitrogen and oxygen atoms in total. The summed E-state index contributed by atoms with van der Waals surface area (Å²) in [5.41, 5.74) is 2.31. The number of amides is 1. The molecule has 0 radical (unpaired) electrons. The molecule has 6 heteroatoms. The molecule has 0 spiro atoms. The summed E-state index contributed by atoms with van der Waals surface area (Å²) in [6, 6.07) is 12.0. The van der Waals surface area contributed by atoms with Crippen molar-refractivity contribution < 1.29 is 13.2 Å². The van der Waals surface area contributed by atoms with Crippen LogP contribution >= 0.6 is 0 Å². The van der Waals surface area contributed by atoms with E-state index < -0.39 is 10.0 Å². The predicted octanol–water partition coefficient (Wildman–Crippen LogP) is 5.05. The van der Waals surface area contributed by atoms with Gasteiger partial charge < -0.3 is 5.32 Å². The van der Waals surface area contributed by atoms with E-state index >= 15 is 0 Å². The fraction of sp³-hybridized carbons (Fsp3) is 0.435. The van der Waals surface area contributed by atoms with Gasteiger partial charge in [-0.05, 0) is 55.5 Å². The molecule has 2 aromatic rings. The van der Waals surface area contributed by atoms with Gasteiger partial charge in [0.05, 0.1) is 10.6 Å². The van der Waals surface area contributed by atoms with Gasteiger partial charge in [0.25, 0.3) is 15.9 Å². The highest BCUT2D eigenvalue weighted by molar-refractivity contribution is 7.92. The number of sulfonamides is 1. The summed E-state index contributed by atoms with van der Waals surface area (Å²) in [7, 11) is -3.80. The molecule has 0 unspecified atom stereocenters. The lowest BCUT2D eigenvalue weighted by molar-refractivity contribution is 0.0945. The zero-order valence-corrected chi connectivity index (χ0v) is 18.6. The third kappa shape index (κ3) is 6.32. The van der Waals surface area contributed by atoms with Crippen LogP contribution in [0.25, 0.3) is 0 Å². The number of aryl methyl sites for hydroxylation is 2. The number of nitrogens with one attached hydrogen (secondary N) is 2. The molecule has 29 heavy (non-hydrogen) atoms. The van der Waals surface area contributed by atoms with Crippen LogP contribution < -0.4 is 10.0 Å². The van der Waals surface area contributed by atoms with Crippen LogP contribution in [0.15, 0.2) is 47.4 Å². The Bertz CT molecular complexity index is 939. The smallest absolute Gasteiger partial charge is 0.262 e. The molecular formula is C23H32N2O3S. The van der Waals surface area contributed by atoms with Gasteiger partial charge in [-0.3, -0.25) is 9.52 Å². The maximum absolute atomic E-state index is 12.9. The third-order valence-corrected chi connectivity index (χ3v) is 6.73. The molecule has 2 rings (SSSR count). The van der Waals surface area contributed by atoms with Gasteiger partial charge in [0.2, 0.25) is 0 Å².